The van der Waals surface area contributed by atoms with Gasteiger partial charge in [0.05, 0.1) is 25.9 Å². The lowest BCUT2D eigenvalue weighted by molar-refractivity contribution is -0.128. The third kappa shape index (κ3) is 4.73. The van der Waals surface area contributed by atoms with Crippen molar-refractivity contribution in [2.24, 2.45) is 0 Å². The molecule has 1 aliphatic rings. The number of methoxy groups -OCH3 is 1. The normalized spacial score (nSPS) is 15.2. The summed E-state index contributed by atoms with van der Waals surface area (Å²) in [4.78, 5) is 26.8. The van der Waals surface area contributed by atoms with Crippen LogP contribution in [-0.2, 0) is 9.59 Å². The van der Waals surface area contributed by atoms with Gasteiger partial charge in [-0.3, -0.25) is 9.59 Å². The maximum absolute atomic E-state index is 12.6. The second-order valence-corrected chi connectivity index (χ2v) is 6.52. The van der Waals surface area contributed by atoms with Crippen LogP contribution in [0.2, 0.25) is 0 Å². The molecule has 0 unspecified atom stereocenters. The summed E-state index contributed by atoms with van der Waals surface area (Å²) >= 11 is 0. The molecular weight excluding hydrogens is 358 g/mol. The lowest BCUT2D eigenvalue weighted by Crippen LogP contribution is -2.50. The smallest absolute Gasteiger partial charge is 0.262 e. The zero-order valence-electron chi connectivity index (χ0n) is 16.1. The molecule has 2 N–H and O–H groups in total. The molecule has 0 bridgehead atoms. The molecule has 28 heavy (non-hydrogen) atoms. The molecule has 1 atom stereocenters. The number of rotatable bonds is 7. The standard InChI is InChI=1S/C21H25N3O4/c1-3-12-22-21(26)19-13-24(17-6-4-5-7-18(17)28-19)14-20(25)23-15-8-10-16(27-2)11-9-15/h4-11,19H,3,12-14H2,1-2H3,(H,22,26)(H,23,25)/t19-/m0/s1. The SMILES string of the molecule is CCCNC(=O)[C@@H]1CN(CC(=O)Nc2ccc(OC)cc2)c2ccccc2O1. The first-order chi connectivity index (χ1) is 13.6. The summed E-state index contributed by atoms with van der Waals surface area (Å²) in [6, 6.07) is 14.6. The Bertz CT molecular complexity index is 823. The first-order valence-electron chi connectivity index (χ1n) is 9.33. The van der Waals surface area contributed by atoms with E-state index in [-0.39, 0.29) is 18.4 Å². The predicted octanol–water partition coefficient (Wildman–Crippen LogP) is 2.43. The van der Waals surface area contributed by atoms with Crippen LogP contribution in [0.1, 0.15) is 13.3 Å². The van der Waals surface area contributed by atoms with E-state index in [0.717, 1.165) is 17.9 Å². The first-order valence-corrected chi connectivity index (χ1v) is 9.33. The topological polar surface area (TPSA) is 79.9 Å². The quantitative estimate of drug-likeness (QED) is 0.768. The third-order valence-electron chi connectivity index (χ3n) is 4.41. The number of hydrogen-bond acceptors (Lipinski definition) is 5. The van der Waals surface area contributed by atoms with Crippen LogP contribution in [0, 0.1) is 0 Å². The van der Waals surface area contributed by atoms with Crippen molar-refractivity contribution in [3.05, 3.63) is 48.5 Å². The number of amides is 2. The molecule has 1 heterocycles. The fourth-order valence-electron chi connectivity index (χ4n) is 3.00. The minimum Gasteiger partial charge on any atom is -0.497 e. The van der Waals surface area contributed by atoms with Crippen LogP contribution in [-0.4, -0.2) is 44.7 Å². The zero-order valence-corrected chi connectivity index (χ0v) is 16.1. The maximum Gasteiger partial charge on any atom is 0.262 e. The summed E-state index contributed by atoms with van der Waals surface area (Å²) in [5, 5.41) is 5.73. The monoisotopic (exact) mass is 383 g/mol. The number of nitrogens with one attached hydrogen (secondary N) is 2. The minimum absolute atomic E-state index is 0.115. The summed E-state index contributed by atoms with van der Waals surface area (Å²) < 4.78 is 11.0. The van der Waals surface area contributed by atoms with E-state index < -0.39 is 6.10 Å². The van der Waals surface area contributed by atoms with Crippen molar-refractivity contribution in [3.8, 4) is 11.5 Å². The van der Waals surface area contributed by atoms with E-state index >= 15 is 0 Å². The minimum atomic E-state index is -0.657. The van der Waals surface area contributed by atoms with E-state index in [9.17, 15) is 9.59 Å². The van der Waals surface area contributed by atoms with Gasteiger partial charge in [0.2, 0.25) is 5.91 Å². The van der Waals surface area contributed by atoms with Crippen LogP contribution in [0.4, 0.5) is 11.4 Å². The van der Waals surface area contributed by atoms with Crippen LogP contribution >= 0.6 is 0 Å². The summed E-state index contributed by atoms with van der Waals surface area (Å²) in [6.07, 6.45) is 0.193. The van der Waals surface area contributed by atoms with Gasteiger partial charge < -0.3 is 25.0 Å². The van der Waals surface area contributed by atoms with Gasteiger partial charge in [0.15, 0.2) is 6.10 Å². The maximum atomic E-state index is 12.6. The predicted molar refractivity (Wildman–Crippen MR) is 108 cm³/mol. The molecule has 0 fully saturated rings. The molecule has 2 aromatic carbocycles. The van der Waals surface area contributed by atoms with E-state index in [2.05, 4.69) is 10.6 Å². The molecule has 0 radical (unpaired) electrons. The van der Waals surface area contributed by atoms with Gasteiger partial charge >= 0.3 is 0 Å². The number of carbonyl (C=O) groups is 2. The van der Waals surface area contributed by atoms with Crippen molar-refractivity contribution in [2.75, 3.05) is 37.0 Å². The Balaban J connectivity index is 1.69. The van der Waals surface area contributed by atoms with Crippen LogP contribution in [0.15, 0.2) is 48.5 Å². The van der Waals surface area contributed by atoms with E-state index in [0.29, 0.717) is 24.5 Å². The Kier molecular flexibility index (Phi) is 6.37. The molecule has 7 nitrogen and oxygen atoms in total. The molecule has 3 rings (SSSR count). The van der Waals surface area contributed by atoms with Crippen molar-refractivity contribution >= 4 is 23.2 Å². The number of carbonyl (C=O) groups excluding carboxylic acids is 2. The third-order valence-corrected chi connectivity index (χ3v) is 4.41. The summed E-state index contributed by atoms with van der Waals surface area (Å²) in [7, 11) is 1.59. The highest BCUT2D eigenvalue weighted by Gasteiger charge is 2.31. The highest BCUT2D eigenvalue weighted by Crippen LogP contribution is 2.33. The number of ether oxygens (including phenoxy) is 2. The summed E-state index contributed by atoms with van der Waals surface area (Å²) in [5.41, 5.74) is 1.48. The highest BCUT2D eigenvalue weighted by molar-refractivity contribution is 5.95. The van der Waals surface area contributed by atoms with Gasteiger partial charge in [0.1, 0.15) is 11.5 Å². The second-order valence-electron chi connectivity index (χ2n) is 6.52. The fourth-order valence-corrected chi connectivity index (χ4v) is 3.00. The molecule has 1 aliphatic heterocycles. The second kappa shape index (κ2) is 9.12. The Morgan fingerprint density at radius 2 is 1.93 bits per heavy atom. The molecule has 0 spiro atoms. The number of hydrogen-bond donors (Lipinski definition) is 2. The Labute approximate surface area is 164 Å². The van der Waals surface area contributed by atoms with Crippen molar-refractivity contribution < 1.29 is 19.1 Å². The van der Waals surface area contributed by atoms with Crippen molar-refractivity contribution in [1.29, 1.82) is 0 Å². The first kappa shape index (κ1) is 19.5. The molecule has 0 aromatic heterocycles. The van der Waals surface area contributed by atoms with Crippen LogP contribution in [0.5, 0.6) is 11.5 Å². The van der Waals surface area contributed by atoms with Crippen LogP contribution < -0.4 is 25.0 Å². The molecule has 2 aromatic rings. The number of benzene rings is 2. The lowest BCUT2D eigenvalue weighted by Gasteiger charge is -2.35. The average molecular weight is 383 g/mol. The molecule has 0 saturated carbocycles. The fraction of sp³-hybridized carbons (Fsp3) is 0.333. The van der Waals surface area contributed by atoms with E-state index in [1.54, 1.807) is 31.4 Å². The number of anilines is 2. The van der Waals surface area contributed by atoms with E-state index in [1.807, 2.05) is 36.1 Å². The van der Waals surface area contributed by atoms with Crippen molar-refractivity contribution in [3.63, 3.8) is 0 Å². The largest absolute Gasteiger partial charge is 0.497 e. The lowest BCUT2D eigenvalue weighted by atomic mass is 10.1. The summed E-state index contributed by atoms with van der Waals surface area (Å²) in [6.45, 7) is 3.01. The Morgan fingerprint density at radius 1 is 1.18 bits per heavy atom. The van der Waals surface area contributed by atoms with Crippen molar-refractivity contribution in [2.45, 2.75) is 19.4 Å². The van der Waals surface area contributed by atoms with Gasteiger partial charge in [-0.25, -0.2) is 0 Å². The molecule has 0 aliphatic carbocycles. The van der Waals surface area contributed by atoms with Gasteiger partial charge in [0, 0.05) is 12.2 Å². The molecule has 7 heteroatoms. The van der Waals surface area contributed by atoms with Gasteiger partial charge in [-0.05, 0) is 42.8 Å². The van der Waals surface area contributed by atoms with E-state index in [1.165, 1.54) is 0 Å². The van der Waals surface area contributed by atoms with Crippen molar-refractivity contribution in [1.82, 2.24) is 5.32 Å². The molecule has 148 valence electrons. The van der Waals surface area contributed by atoms with Crippen LogP contribution in [0.25, 0.3) is 0 Å². The number of fused-ring (bicyclic) bond motifs is 1. The molecular formula is C21H25N3O4. The number of nitrogens with zero attached hydrogens (tertiary/aromatic N) is 1. The van der Waals surface area contributed by atoms with Gasteiger partial charge in [-0.15, -0.1) is 0 Å². The highest BCUT2D eigenvalue weighted by atomic mass is 16.5. The zero-order chi connectivity index (χ0) is 19.9. The van der Waals surface area contributed by atoms with Crippen LogP contribution in [0.3, 0.4) is 0 Å². The van der Waals surface area contributed by atoms with Gasteiger partial charge in [-0.2, -0.15) is 0 Å². The average Bonchev–Trinajstić information content (AvgIpc) is 2.72. The van der Waals surface area contributed by atoms with Gasteiger partial charge in [-0.1, -0.05) is 19.1 Å². The number of para-hydroxylation sites is 2. The Hall–Kier alpha value is -3.22. The van der Waals surface area contributed by atoms with Gasteiger partial charge in [0.25, 0.3) is 5.91 Å². The Morgan fingerprint density at radius 3 is 2.64 bits per heavy atom. The molecule has 2 amide bonds. The molecule has 0 saturated heterocycles. The van der Waals surface area contributed by atoms with E-state index in [4.69, 9.17) is 9.47 Å². The summed E-state index contributed by atoms with van der Waals surface area (Å²) in [5.74, 6) is 0.982.